The van der Waals surface area contributed by atoms with Crippen LogP contribution in [0.3, 0.4) is 0 Å². The molecule has 0 N–H and O–H groups in total. The highest BCUT2D eigenvalue weighted by atomic mass is 35.5. The molecule has 5 nitrogen and oxygen atoms in total. The summed E-state index contributed by atoms with van der Waals surface area (Å²) in [6.45, 7) is 1.37. The van der Waals surface area contributed by atoms with Crippen LogP contribution in [0.2, 0.25) is 4.34 Å². The maximum Gasteiger partial charge on any atom is 0.263 e. The van der Waals surface area contributed by atoms with Gasteiger partial charge in [-0.2, -0.15) is 0 Å². The van der Waals surface area contributed by atoms with E-state index in [1.807, 2.05) is 4.90 Å². The number of piperidine rings is 1. The Labute approximate surface area is 131 Å². The molecular weight excluding hydrogens is 310 g/mol. The quantitative estimate of drug-likeness (QED) is 0.871. The summed E-state index contributed by atoms with van der Waals surface area (Å²) < 4.78 is 6.42. The highest BCUT2D eigenvalue weighted by Gasteiger charge is 2.25. The van der Waals surface area contributed by atoms with E-state index in [-0.39, 0.29) is 12.0 Å². The maximum atomic E-state index is 12.3. The Morgan fingerprint density at radius 3 is 2.76 bits per heavy atom. The van der Waals surface area contributed by atoms with Gasteiger partial charge in [-0.1, -0.05) is 11.6 Å². The van der Waals surface area contributed by atoms with Crippen LogP contribution < -0.4 is 4.74 Å². The van der Waals surface area contributed by atoms with Crippen LogP contribution in [0, 0.1) is 0 Å². The summed E-state index contributed by atoms with van der Waals surface area (Å²) >= 11 is 7.19. The third-order valence-corrected chi connectivity index (χ3v) is 4.57. The van der Waals surface area contributed by atoms with Crippen LogP contribution in [0.25, 0.3) is 0 Å². The van der Waals surface area contributed by atoms with E-state index < -0.39 is 0 Å². The number of hydrogen-bond acceptors (Lipinski definition) is 5. The van der Waals surface area contributed by atoms with Gasteiger partial charge in [0.2, 0.25) is 5.88 Å². The van der Waals surface area contributed by atoms with Crippen molar-refractivity contribution < 1.29 is 9.53 Å². The van der Waals surface area contributed by atoms with Crippen LogP contribution in [0.1, 0.15) is 22.5 Å². The molecule has 0 aliphatic carbocycles. The molecule has 3 rings (SSSR count). The molecule has 3 heterocycles. The standard InChI is InChI=1S/C14H14ClN3O2S/c15-12-2-1-11(21-12)14(19)18-7-4-10(5-8-18)20-13-3-6-16-9-17-13/h1-3,6,9-10H,4-5,7-8H2. The fourth-order valence-electron chi connectivity index (χ4n) is 2.28. The van der Waals surface area contributed by atoms with Gasteiger partial charge in [0.1, 0.15) is 12.4 Å². The van der Waals surface area contributed by atoms with Gasteiger partial charge in [0.25, 0.3) is 5.91 Å². The molecule has 0 aromatic carbocycles. The average Bonchev–Trinajstić information content (AvgIpc) is 2.95. The van der Waals surface area contributed by atoms with Gasteiger partial charge in [-0.3, -0.25) is 4.79 Å². The Morgan fingerprint density at radius 2 is 2.14 bits per heavy atom. The molecule has 1 aliphatic heterocycles. The summed E-state index contributed by atoms with van der Waals surface area (Å²) in [5.41, 5.74) is 0. The lowest BCUT2D eigenvalue weighted by Crippen LogP contribution is -2.41. The van der Waals surface area contributed by atoms with Crippen molar-refractivity contribution in [1.82, 2.24) is 14.9 Å². The van der Waals surface area contributed by atoms with Gasteiger partial charge in [-0.25, -0.2) is 9.97 Å². The minimum Gasteiger partial charge on any atom is -0.474 e. The molecule has 0 spiro atoms. The van der Waals surface area contributed by atoms with Crippen LogP contribution in [-0.2, 0) is 0 Å². The van der Waals surface area contributed by atoms with Crippen LogP contribution >= 0.6 is 22.9 Å². The van der Waals surface area contributed by atoms with E-state index in [0.717, 1.165) is 12.8 Å². The van der Waals surface area contributed by atoms with Gasteiger partial charge in [-0.05, 0) is 12.1 Å². The van der Waals surface area contributed by atoms with Crippen molar-refractivity contribution >= 4 is 28.8 Å². The fraction of sp³-hybridized carbons (Fsp3) is 0.357. The highest BCUT2D eigenvalue weighted by molar-refractivity contribution is 7.17. The predicted molar refractivity (Wildman–Crippen MR) is 80.9 cm³/mol. The first-order chi connectivity index (χ1) is 10.2. The zero-order valence-corrected chi connectivity index (χ0v) is 12.8. The predicted octanol–water partition coefficient (Wildman–Crippen LogP) is 2.88. The Kier molecular flexibility index (Phi) is 4.36. The Balaban J connectivity index is 1.54. The summed E-state index contributed by atoms with van der Waals surface area (Å²) in [6.07, 6.45) is 4.82. The number of nitrogens with zero attached hydrogens (tertiary/aromatic N) is 3. The smallest absolute Gasteiger partial charge is 0.263 e. The van der Waals surface area contributed by atoms with Crippen LogP contribution in [0.15, 0.2) is 30.7 Å². The van der Waals surface area contributed by atoms with Crippen molar-refractivity contribution in [2.75, 3.05) is 13.1 Å². The molecule has 110 valence electrons. The molecule has 0 saturated carbocycles. The number of carbonyl (C=O) groups excluding carboxylic acids is 1. The second-order valence-electron chi connectivity index (χ2n) is 4.76. The third kappa shape index (κ3) is 3.51. The molecule has 1 amide bonds. The molecule has 1 fully saturated rings. The molecule has 0 atom stereocenters. The molecule has 0 bridgehead atoms. The summed E-state index contributed by atoms with van der Waals surface area (Å²) in [5, 5.41) is 0. The van der Waals surface area contributed by atoms with E-state index in [4.69, 9.17) is 16.3 Å². The SMILES string of the molecule is O=C(c1ccc(Cl)s1)N1CCC(Oc2ccncn2)CC1. The van der Waals surface area contributed by atoms with E-state index in [0.29, 0.717) is 28.2 Å². The fourth-order valence-corrected chi connectivity index (χ4v) is 3.29. The number of thiophene rings is 1. The van der Waals surface area contributed by atoms with Crippen molar-refractivity contribution in [3.8, 4) is 5.88 Å². The largest absolute Gasteiger partial charge is 0.474 e. The van der Waals surface area contributed by atoms with Crippen molar-refractivity contribution in [3.05, 3.63) is 39.9 Å². The minimum atomic E-state index is 0.0485. The number of likely N-dealkylation sites (tertiary alicyclic amines) is 1. The Hall–Kier alpha value is -1.66. The second-order valence-corrected chi connectivity index (χ2v) is 6.48. The van der Waals surface area contributed by atoms with E-state index in [2.05, 4.69) is 9.97 Å². The lowest BCUT2D eigenvalue weighted by Gasteiger charge is -2.31. The number of aromatic nitrogens is 2. The van der Waals surface area contributed by atoms with Crippen LogP contribution in [0.4, 0.5) is 0 Å². The number of ether oxygens (including phenoxy) is 1. The van der Waals surface area contributed by atoms with Crippen molar-refractivity contribution in [2.24, 2.45) is 0 Å². The van der Waals surface area contributed by atoms with Gasteiger partial charge in [-0.15, -0.1) is 11.3 Å². The third-order valence-electron chi connectivity index (χ3n) is 3.36. The molecular formula is C14H14ClN3O2S. The molecule has 2 aromatic heterocycles. The zero-order chi connectivity index (χ0) is 14.7. The topological polar surface area (TPSA) is 55.3 Å². The summed E-state index contributed by atoms with van der Waals surface area (Å²) in [7, 11) is 0. The molecule has 2 aromatic rings. The van der Waals surface area contributed by atoms with E-state index in [9.17, 15) is 4.79 Å². The number of carbonyl (C=O) groups is 1. The van der Waals surface area contributed by atoms with Gasteiger partial charge in [0.05, 0.1) is 9.21 Å². The zero-order valence-electron chi connectivity index (χ0n) is 11.2. The molecule has 7 heteroatoms. The first-order valence-electron chi connectivity index (χ1n) is 6.69. The van der Waals surface area contributed by atoms with Gasteiger partial charge >= 0.3 is 0 Å². The highest BCUT2D eigenvalue weighted by Crippen LogP contribution is 2.24. The lowest BCUT2D eigenvalue weighted by molar-refractivity contribution is 0.0592. The van der Waals surface area contributed by atoms with Crippen LogP contribution in [0.5, 0.6) is 5.88 Å². The number of halogens is 1. The number of amides is 1. The minimum absolute atomic E-state index is 0.0485. The number of rotatable bonds is 3. The van der Waals surface area contributed by atoms with Crippen LogP contribution in [-0.4, -0.2) is 40.0 Å². The Morgan fingerprint density at radius 1 is 1.33 bits per heavy atom. The summed E-state index contributed by atoms with van der Waals surface area (Å²) in [5.74, 6) is 0.632. The molecule has 1 saturated heterocycles. The van der Waals surface area contributed by atoms with E-state index in [1.165, 1.54) is 17.7 Å². The first kappa shape index (κ1) is 14.3. The van der Waals surface area contributed by atoms with E-state index in [1.54, 1.807) is 24.4 Å². The summed E-state index contributed by atoms with van der Waals surface area (Å²) in [4.78, 5) is 22.7. The molecule has 0 radical (unpaired) electrons. The molecule has 21 heavy (non-hydrogen) atoms. The van der Waals surface area contributed by atoms with Crippen molar-refractivity contribution in [1.29, 1.82) is 0 Å². The normalized spacial score (nSPS) is 16.0. The van der Waals surface area contributed by atoms with Gasteiger partial charge in [0.15, 0.2) is 0 Å². The maximum absolute atomic E-state index is 12.3. The monoisotopic (exact) mass is 323 g/mol. The molecule has 1 aliphatic rings. The number of hydrogen-bond donors (Lipinski definition) is 0. The lowest BCUT2D eigenvalue weighted by atomic mass is 10.1. The van der Waals surface area contributed by atoms with Gasteiger partial charge in [0, 0.05) is 38.2 Å². The average molecular weight is 324 g/mol. The first-order valence-corrected chi connectivity index (χ1v) is 7.89. The van der Waals surface area contributed by atoms with E-state index >= 15 is 0 Å². The van der Waals surface area contributed by atoms with Crippen molar-refractivity contribution in [2.45, 2.75) is 18.9 Å². The van der Waals surface area contributed by atoms with Crippen molar-refractivity contribution in [3.63, 3.8) is 0 Å². The summed E-state index contributed by atoms with van der Waals surface area (Å²) in [6, 6.07) is 5.27. The Bertz CT molecular complexity index is 612. The second kappa shape index (κ2) is 6.41. The van der Waals surface area contributed by atoms with Gasteiger partial charge < -0.3 is 9.64 Å². The molecule has 0 unspecified atom stereocenters.